The lowest BCUT2D eigenvalue weighted by Gasteiger charge is -2.05. The Labute approximate surface area is 111 Å². The van der Waals surface area contributed by atoms with Crippen LogP contribution in [0.2, 0.25) is 0 Å². The molecule has 0 radical (unpaired) electrons. The van der Waals surface area contributed by atoms with E-state index in [2.05, 4.69) is 0 Å². The molecule has 2 aromatic rings. The van der Waals surface area contributed by atoms with Crippen LogP contribution in [0, 0.1) is 5.82 Å². The highest BCUT2D eigenvalue weighted by molar-refractivity contribution is 5.66. The van der Waals surface area contributed by atoms with E-state index in [-0.39, 0.29) is 12.2 Å². The molecule has 2 rings (SSSR count). The standard InChI is InChI=1S/C16H15FO2/c17-15-9-7-13(8-10-15)14-5-1-3-12(11-14)4-2-6-16(18)19/h1,3,5,7-11H,2,4,6H2,(H,18,19). The lowest BCUT2D eigenvalue weighted by molar-refractivity contribution is -0.137. The number of hydrogen-bond acceptors (Lipinski definition) is 1. The highest BCUT2D eigenvalue weighted by Crippen LogP contribution is 2.21. The van der Waals surface area contributed by atoms with E-state index in [4.69, 9.17) is 5.11 Å². The summed E-state index contributed by atoms with van der Waals surface area (Å²) >= 11 is 0. The van der Waals surface area contributed by atoms with Crippen molar-refractivity contribution >= 4 is 5.97 Å². The SMILES string of the molecule is O=C(O)CCCc1cccc(-c2ccc(F)cc2)c1. The van der Waals surface area contributed by atoms with Crippen LogP contribution in [0.3, 0.4) is 0 Å². The molecular weight excluding hydrogens is 243 g/mol. The summed E-state index contributed by atoms with van der Waals surface area (Å²) in [4.78, 5) is 10.5. The molecule has 3 heteroatoms. The minimum Gasteiger partial charge on any atom is -0.481 e. The Kier molecular flexibility index (Phi) is 4.29. The first-order valence-electron chi connectivity index (χ1n) is 6.22. The molecule has 0 unspecified atom stereocenters. The summed E-state index contributed by atoms with van der Waals surface area (Å²) in [6, 6.07) is 14.3. The van der Waals surface area contributed by atoms with E-state index in [1.165, 1.54) is 12.1 Å². The first-order valence-corrected chi connectivity index (χ1v) is 6.22. The molecule has 1 N–H and O–H groups in total. The molecule has 0 heterocycles. The van der Waals surface area contributed by atoms with Gasteiger partial charge in [-0.3, -0.25) is 4.79 Å². The molecule has 19 heavy (non-hydrogen) atoms. The van der Waals surface area contributed by atoms with Gasteiger partial charge in [-0.25, -0.2) is 4.39 Å². The van der Waals surface area contributed by atoms with Crippen molar-refractivity contribution in [1.29, 1.82) is 0 Å². The molecule has 0 fully saturated rings. The molecule has 98 valence electrons. The van der Waals surface area contributed by atoms with Gasteiger partial charge in [-0.15, -0.1) is 0 Å². The van der Waals surface area contributed by atoms with E-state index in [9.17, 15) is 9.18 Å². The van der Waals surface area contributed by atoms with Crippen LogP contribution in [0.15, 0.2) is 48.5 Å². The van der Waals surface area contributed by atoms with E-state index >= 15 is 0 Å². The molecule has 2 aromatic carbocycles. The zero-order chi connectivity index (χ0) is 13.7. The van der Waals surface area contributed by atoms with Gasteiger partial charge in [0, 0.05) is 6.42 Å². The van der Waals surface area contributed by atoms with E-state index in [0.29, 0.717) is 6.42 Å². The van der Waals surface area contributed by atoms with Crippen molar-refractivity contribution in [3.8, 4) is 11.1 Å². The Balaban J connectivity index is 2.10. The normalized spacial score (nSPS) is 10.4. The topological polar surface area (TPSA) is 37.3 Å². The van der Waals surface area contributed by atoms with E-state index in [1.54, 1.807) is 12.1 Å². The highest BCUT2D eigenvalue weighted by Gasteiger charge is 2.02. The fraction of sp³-hybridized carbons (Fsp3) is 0.188. The number of hydrogen-bond donors (Lipinski definition) is 1. The molecule has 0 aliphatic carbocycles. The summed E-state index contributed by atoms with van der Waals surface area (Å²) in [5.41, 5.74) is 3.08. The number of halogens is 1. The van der Waals surface area contributed by atoms with E-state index < -0.39 is 5.97 Å². The average Bonchev–Trinajstić information content (AvgIpc) is 2.39. The second kappa shape index (κ2) is 6.14. The fourth-order valence-corrected chi connectivity index (χ4v) is 1.99. The van der Waals surface area contributed by atoms with E-state index in [0.717, 1.165) is 23.1 Å². The molecule has 0 aromatic heterocycles. The lowest BCUT2D eigenvalue weighted by Crippen LogP contribution is -1.96. The highest BCUT2D eigenvalue weighted by atomic mass is 19.1. The first kappa shape index (κ1) is 13.3. The molecule has 0 atom stereocenters. The van der Waals surface area contributed by atoms with Crippen LogP contribution in [-0.2, 0) is 11.2 Å². The Bertz CT molecular complexity index is 561. The smallest absolute Gasteiger partial charge is 0.303 e. The van der Waals surface area contributed by atoms with Crippen LogP contribution in [0.4, 0.5) is 4.39 Å². The number of carbonyl (C=O) groups is 1. The van der Waals surface area contributed by atoms with Gasteiger partial charge in [0.05, 0.1) is 0 Å². The number of carboxylic acids is 1. The van der Waals surface area contributed by atoms with Crippen LogP contribution in [0.5, 0.6) is 0 Å². The van der Waals surface area contributed by atoms with Gasteiger partial charge >= 0.3 is 5.97 Å². The summed E-state index contributed by atoms with van der Waals surface area (Å²) in [5, 5.41) is 8.61. The van der Waals surface area contributed by atoms with Gasteiger partial charge in [0.1, 0.15) is 5.82 Å². The average molecular weight is 258 g/mol. The maximum Gasteiger partial charge on any atom is 0.303 e. The number of aryl methyl sites for hydroxylation is 1. The van der Waals surface area contributed by atoms with Crippen LogP contribution < -0.4 is 0 Å². The fourth-order valence-electron chi connectivity index (χ4n) is 1.99. The number of aliphatic carboxylic acids is 1. The predicted octanol–water partition coefficient (Wildman–Crippen LogP) is 3.90. The van der Waals surface area contributed by atoms with Crippen molar-refractivity contribution in [2.24, 2.45) is 0 Å². The Morgan fingerprint density at radius 2 is 1.79 bits per heavy atom. The molecule has 0 amide bonds. The Morgan fingerprint density at radius 1 is 1.05 bits per heavy atom. The van der Waals surface area contributed by atoms with Crippen LogP contribution in [0.1, 0.15) is 18.4 Å². The van der Waals surface area contributed by atoms with Gasteiger partial charge in [0.25, 0.3) is 0 Å². The zero-order valence-electron chi connectivity index (χ0n) is 10.5. The molecule has 2 nitrogen and oxygen atoms in total. The van der Waals surface area contributed by atoms with Gasteiger partial charge in [0.15, 0.2) is 0 Å². The van der Waals surface area contributed by atoms with Crippen molar-refractivity contribution in [1.82, 2.24) is 0 Å². The summed E-state index contributed by atoms with van der Waals surface area (Å²) in [6.07, 6.45) is 1.55. The minimum absolute atomic E-state index is 0.181. The third-order valence-corrected chi connectivity index (χ3v) is 2.96. The summed E-state index contributed by atoms with van der Waals surface area (Å²) in [6.45, 7) is 0. The van der Waals surface area contributed by atoms with Crippen molar-refractivity contribution in [3.63, 3.8) is 0 Å². The summed E-state index contributed by atoms with van der Waals surface area (Å²) in [5.74, 6) is -1.02. The summed E-state index contributed by atoms with van der Waals surface area (Å²) in [7, 11) is 0. The summed E-state index contributed by atoms with van der Waals surface area (Å²) < 4.78 is 12.9. The molecule has 0 saturated heterocycles. The maximum atomic E-state index is 12.9. The third kappa shape index (κ3) is 3.91. The van der Waals surface area contributed by atoms with E-state index in [1.807, 2.05) is 24.3 Å². The maximum absolute atomic E-state index is 12.9. The minimum atomic E-state index is -0.769. The lowest BCUT2D eigenvalue weighted by atomic mass is 10.0. The molecule has 0 saturated carbocycles. The zero-order valence-corrected chi connectivity index (χ0v) is 10.5. The van der Waals surface area contributed by atoms with Crippen LogP contribution in [0.25, 0.3) is 11.1 Å². The van der Waals surface area contributed by atoms with Crippen molar-refractivity contribution < 1.29 is 14.3 Å². The number of benzene rings is 2. The van der Waals surface area contributed by atoms with Crippen LogP contribution in [-0.4, -0.2) is 11.1 Å². The predicted molar refractivity (Wildman–Crippen MR) is 72.4 cm³/mol. The van der Waals surface area contributed by atoms with Gasteiger partial charge in [-0.1, -0.05) is 36.4 Å². The van der Waals surface area contributed by atoms with Crippen molar-refractivity contribution in [2.45, 2.75) is 19.3 Å². The van der Waals surface area contributed by atoms with Crippen molar-refractivity contribution in [3.05, 3.63) is 59.9 Å². The Hall–Kier alpha value is -2.16. The van der Waals surface area contributed by atoms with Crippen LogP contribution >= 0.6 is 0 Å². The number of carboxylic acid groups (broad SMARTS) is 1. The largest absolute Gasteiger partial charge is 0.481 e. The third-order valence-electron chi connectivity index (χ3n) is 2.96. The van der Waals surface area contributed by atoms with Crippen molar-refractivity contribution in [2.75, 3.05) is 0 Å². The molecule has 0 aliphatic rings. The van der Waals surface area contributed by atoms with Gasteiger partial charge < -0.3 is 5.11 Å². The number of rotatable bonds is 5. The molecule has 0 spiro atoms. The second-order valence-electron chi connectivity index (χ2n) is 4.45. The molecular formula is C16H15FO2. The molecule has 0 aliphatic heterocycles. The van der Waals surface area contributed by atoms with Gasteiger partial charge in [-0.2, -0.15) is 0 Å². The quantitative estimate of drug-likeness (QED) is 0.883. The molecule has 0 bridgehead atoms. The first-order chi connectivity index (χ1) is 9.15. The second-order valence-corrected chi connectivity index (χ2v) is 4.45. The monoisotopic (exact) mass is 258 g/mol. The Morgan fingerprint density at radius 3 is 2.47 bits per heavy atom. The van der Waals surface area contributed by atoms with Gasteiger partial charge in [0.2, 0.25) is 0 Å². The van der Waals surface area contributed by atoms with Gasteiger partial charge in [-0.05, 0) is 41.7 Å².